The molecule has 4 nitrogen and oxygen atoms in total. The van der Waals surface area contributed by atoms with Crippen LogP contribution in [0, 0.1) is 0 Å². The number of methoxy groups -OCH3 is 1. The van der Waals surface area contributed by atoms with Gasteiger partial charge in [-0.1, -0.05) is 0 Å². The largest absolute Gasteiger partial charge is 0.491 e. The van der Waals surface area contributed by atoms with Gasteiger partial charge in [-0.05, 0) is 6.07 Å². The molecule has 0 aliphatic heterocycles. The van der Waals surface area contributed by atoms with Crippen molar-refractivity contribution in [1.82, 2.24) is 4.98 Å². The summed E-state index contributed by atoms with van der Waals surface area (Å²) in [5.41, 5.74) is 5.26. The summed E-state index contributed by atoms with van der Waals surface area (Å²) in [6.07, 6.45) is 1.61. The predicted molar refractivity (Wildman–Crippen MR) is 45.3 cm³/mol. The van der Waals surface area contributed by atoms with Gasteiger partial charge in [0.2, 0.25) is 5.88 Å². The van der Waals surface area contributed by atoms with E-state index >= 15 is 0 Å². The predicted octanol–water partition coefficient (Wildman–Crippen LogP) is 0.428. The van der Waals surface area contributed by atoms with Crippen LogP contribution in [0.3, 0.4) is 0 Å². The van der Waals surface area contributed by atoms with Crippen LogP contribution in [0.2, 0.25) is 0 Å². The number of pyridine rings is 1. The minimum absolute atomic E-state index is 0.506. The number of aromatic nitrogens is 1. The Balaban J connectivity index is 2.53. The zero-order valence-electron chi connectivity index (χ0n) is 6.99. The average molecular weight is 168 g/mol. The summed E-state index contributed by atoms with van der Waals surface area (Å²) < 4.78 is 10.1. The number of nitrogens with two attached hydrogens (primary N) is 1. The topological polar surface area (TPSA) is 57.4 Å². The summed E-state index contributed by atoms with van der Waals surface area (Å²) in [4.78, 5) is 3.96. The number of hydrogen-bond donors (Lipinski definition) is 1. The van der Waals surface area contributed by atoms with Crippen LogP contribution < -0.4 is 15.2 Å². The molecule has 0 saturated heterocycles. The van der Waals surface area contributed by atoms with E-state index in [1.165, 1.54) is 0 Å². The van der Waals surface area contributed by atoms with Crippen molar-refractivity contribution >= 4 is 0 Å². The monoisotopic (exact) mass is 168 g/mol. The van der Waals surface area contributed by atoms with Gasteiger partial charge < -0.3 is 15.2 Å². The zero-order chi connectivity index (χ0) is 8.81. The first-order chi connectivity index (χ1) is 5.86. The van der Waals surface area contributed by atoms with Gasteiger partial charge in [-0.2, -0.15) is 0 Å². The summed E-state index contributed by atoms with van der Waals surface area (Å²) in [6, 6.07) is 3.54. The highest BCUT2D eigenvalue weighted by atomic mass is 16.5. The summed E-state index contributed by atoms with van der Waals surface area (Å²) in [5.74, 6) is 1.29. The molecule has 0 bridgehead atoms. The quantitative estimate of drug-likeness (QED) is 0.708. The van der Waals surface area contributed by atoms with Crippen molar-refractivity contribution in [3.8, 4) is 11.6 Å². The molecule has 1 heterocycles. The first-order valence-electron chi connectivity index (χ1n) is 3.69. The van der Waals surface area contributed by atoms with E-state index in [1.807, 2.05) is 0 Å². The van der Waals surface area contributed by atoms with Crippen LogP contribution >= 0.6 is 0 Å². The Morgan fingerprint density at radius 3 is 2.83 bits per heavy atom. The first kappa shape index (κ1) is 8.80. The lowest BCUT2D eigenvalue weighted by atomic mass is 10.4. The number of hydrogen-bond acceptors (Lipinski definition) is 4. The number of nitrogens with zero attached hydrogens (tertiary/aromatic N) is 1. The molecule has 0 atom stereocenters. The fourth-order valence-corrected chi connectivity index (χ4v) is 0.750. The van der Waals surface area contributed by atoms with Crippen LogP contribution in [0.1, 0.15) is 0 Å². The van der Waals surface area contributed by atoms with Gasteiger partial charge in [-0.25, -0.2) is 4.98 Å². The van der Waals surface area contributed by atoms with E-state index in [1.54, 1.807) is 25.4 Å². The molecule has 12 heavy (non-hydrogen) atoms. The van der Waals surface area contributed by atoms with Gasteiger partial charge in [-0.3, -0.25) is 0 Å². The Hall–Kier alpha value is -1.29. The Labute approximate surface area is 71.3 Å². The molecule has 1 rings (SSSR count). The van der Waals surface area contributed by atoms with Gasteiger partial charge in [0.15, 0.2) is 0 Å². The van der Waals surface area contributed by atoms with Crippen LogP contribution in [0.4, 0.5) is 0 Å². The molecule has 0 amide bonds. The van der Waals surface area contributed by atoms with E-state index in [0.29, 0.717) is 24.8 Å². The molecule has 4 heteroatoms. The Kier molecular flexibility index (Phi) is 3.35. The Morgan fingerprint density at radius 1 is 1.50 bits per heavy atom. The number of rotatable bonds is 4. The number of ether oxygens (including phenoxy) is 2. The summed E-state index contributed by atoms with van der Waals surface area (Å²) in [6.45, 7) is 1.01. The van der Waals surface area contributed by atoms with Gasteiger partial charge >= 0.3 is 0 Å². The molecular formula is C8H12N2O2. The maximum Gasteiger partial charge on any atom is 0.213 e. The molecule has 0 unspecified atom stereocenters. The average Bonchev–Trinajstić information content (AvgIpc) is 2.15. The van der Waals surface area contributed by atoms with E-state index in [9.17, 15) is 0 Å². The third-order valence-corrected chi connectivity index (χ3v) is 1.30. The molecule has 0 spiro atoms. The molecular weight excluding hydrogens is 156 g/mol. The maximum absolute atomic E-state index is 5.26. The molecule has 0 aliphatic carbocycles. The molecule has 0 fully saturated rings. The second kappa shape index (κ2) is 4.56. The fraction of sp³-hybridized carbons (Fsp3) is 0.375. The van der Waals surface area contributed by atoms with Gasteiger partial charge in [0, 0.05) is 12.6 Å². The third-order valence-electron chi connectivity index (χ3n) is 1.30. The highest BCUT2D eigenvalue weighted by molar-refractivity contribution is 5.22. The lowest BCUT2D eigenvalue weighted by molar-refractivity contribution is 0.324. The van der Waals surface area contributed by atoms with E-state index < -0.39 is 0 Å². The van der Waals surface area contributed by atoms with Crippen LogP contribution in [-0.2, 0) is 0 Å². The third kappa shape index (κ3) is 2.39. The van der Waals surface area contributed by atoms with E-state index in [4.69, 9.17) is 15.2 Å². The van der Waals surface area contributed by atoms with Crippen molar-refractivity contribution in [2.45, 2.75) is 0 Å². The van der Waals surface area contributed by atoms with Crippen molar-refractivity contribution in [2.75, 3.05) is 20.3 Å². The molecule has 0 radical (unpaired) electrons. The molecule has 0 aliphatic rings. The van der Waals surface area contributed by atoms with Gasteiger partial charge in [0.05, 0.1) is 13.3 Å². The van der Waals surface area contributed by atoms with E-state index in [2.05, 4.69) is 4.98 Å². The van der Waals surface area contributed by atoms with Gasteiger partial charge in [-0.15, -0.1) is 0 Å². The van der Waals surface area contributed by atoms with Crippen molar-refractivity contribution in [2.24, 2.45) is 5.73 Å². The standard InChI is InChI=1S/C8H12N2O2/c1-11-8-3-2-7(6-10-8)12-5-4-9/h2-3,6H,4-5,9H2,1H3. The molecule has 66 valence electrons. The Bertz CT molecular complexity index is 223. The SMILES string of the molecule is COc1ccc(OCCN)cn1. The normalized spacial score (nSPS) is 9.50. The Morgan fingerprint density at radius 2 is 2.33 bits per heavy atom. The van der Waals surface area contributed by atoms with Crippen molar-refractivity contribution in [3.63, 3.8) is 0 Å². The van der Waals surface area contributed by atoms with Crippen molar-refractivity contribution in [3.05, 3.63) is 18.3 Å². The highest BCUT2D eigenvalue weighted by Crippen LogP contribution is 2.12. The minimum Gasteiger partial charge on any atom is -0.491 e. The minimum atomic E-state index is 0.506. The van der Waals surface area contributed by atoms with Crippen LogP contribution in [-0.4, -0.2) is 25.2 Å². The molecule has 2 N–H and O–H groups in total. The van der Waals surface area contributed by atoms with Crippen molar-refractivity contribution in [1.29, 1.82) is 0 Å². The summed E-state index contributed by atoms with van der Waals surface area (Å²) in [5, 5.41) is 0. The maximum atomic E-state index is 5.26. The first-order valence-corrected chi connectivity index (χ1v) is 3.69. The van der Waals surface area contributed by atoms with Crippen LogP contribution in [0.5, 0.6) is 11.6 Å². The van der Waals surface area contributed by atoms with Gasteiger partial charge in [0.1, 0.15) is 12.4 Å². The summed E-state index contributed by atoms with van der Waals surface area (Å²) >= 11 is 0. The smallest absolute Gasteiger partial charge is 0.213 e. The second-order valence-corrected chi connectivity index (χ2v) is 2.17. The second-order valence-electron chi connectivity index (χ2n) is 2.17. The van der Waals surface area contributed by atoms with E-state index in [-0.39, 0.29) is 0 Å². The lowest BCUT2D eigenvalue weighted by Gasteiger charge is -2.03. The fourth-order valence-electron chi connectivity index (χ4n) is 0.750. The van der Waals surface area contributed by atoms with Gasteiger partial charge in [0.25, 0.3) is 0 Å². The van der Waals surface area contributed by atoms with Crippen LogP contribution in [0.25, 0.3) is 0 Å². The molecule has 1 aromatic rings. The zero-order valence-corrected chi connectivity index (χ0v) is 6.99. The van der Waals surface area contributed by atoms with Crippen molar-refractivity contribution < 1.29 is 9.47 Å². The summed E-state index contributed by atoms with van der Waals surface area (Å²) in [7, 11) is 1.57. The highest BCUT2D eigenvalue weighted by Gasteiger charge is 1.94. The van der Waals surface area contributed by atoms with E-state index in [0.717, 1.165) is 0 Å². The molecule has 0 saturated carbocycles. The lowest BCUT2D eigenvalue weighted by Crippen LogP contribution is -2.10. The molecule has 0 aromatic carbocycles. The molecule has 1 aromatic heterocycles. The van der Waals surface area contributed by atoms with Crippen LogP contribution in [0.15, 0.2) is 18.3 Å².